The van der Waals surface area contributed by atoms with Crippen LogP contribution in [0, 0.1) is 0 Å². The monoisotopic (exact) mass is 244 g/mol. The van der Waals surface area contributed by atoms with Crippen molar-refractivity contribution in [1.29, 1.82) is 0 Å². The van der Waals surface area contributed by atoms with Gasteiger partial charge in [0.05, 0.1) is 0 Å². The van der Waals surface area contributed by atoms with Crippen molar-refractivity contribution < 1.29 is 0 Å². The SMILES string of the molecule is NC1CCCC(N(Cc2ccccc2)C2CC2)C1. The molecule has 0 spiro atoms. The molecule has 0 bridgehead atoms. The van der Waals surface area contributed by atoms with Crippen LogP contribution in [-0.2, 0) is 6.54 Å². The Balaban J connectivity index is 1.68. The highest BCUT2D eigenvalue weighted by Crippen LogP contribution is 2.34. The molecule has 2 atom stereocenters. The fraction of sp³-hybridized carbons (Fsp3) is 0.625. The molecule has 0 aromatic heterocycles. The summed E-state index contributed by atoms with van der Waals surface area (Å²) in [7, 11) is 0. The van der Waals surface area contributed by atoms with E-state index in [1.54, 1.807) is 0 Å². The third kappa shape index (κ3) is 2.93. The number of rotatable bonds is 4. The van der Waals surface area contributed by atoms with Gasteiger partial charge >= 0.3 is 0 Å². The number of nitrogens with two attached hydrogens (primary N) is 1. The minimum Gasteiger partial charge on any atom is -0.328 e. The third-order valence-corrected chi connectivity index (χ3v) is 4.38. The summed E-state index contributed by atoms with van der Waals surface area (Å²) in [6, 6.07) is 12.9. The van der Waals surface area contributed by atoms with Gasteiger partial charge in [-0.3, -0.25) is 4.90 Å². The number of benzene rings is 1. The first-order valence-corrected chi connectivity index (χ1v) is 7.38. The average molecular weight is 244 g/mol. The van der Waals surface area contributed by atoms with Crippen LogP contribution < -0.4 is 5.73 Å². The Morgan fingerprint density at radius 1 is 1.00 bits per heavy atom. The van der Waals surface area contributed by atoms with Crippen LogP contribution in [0.4, 0.5) is 0 Å². The number of hydrogen-bond donors (Lipinski definition) is 1. The zero-order chi connectivity index (χ0) is 12.4. The van der Waals surface area contributed by atoms with Gasteiger partial charge in [0, 0.05) is 24.7 Å². The zero-order valence-electron chi connectivity index (χ0n) is 11.1. The highest BCUT2D eigenvalue weighted by molar-refractivity contribution is 5.15. The average Bonchev–Trinajstić information content (AvgIpc) is 3.21. The molecule has 2 fully saturated rings. The van der Waals surface area contributed by atoms with Crippen LogP contribution in [0.2, 0.25) is 0 Å². The molecule has 1 aromatic carbocycles. The zero-order valence-corrected chi connectivity index (χ0v) is 11.1. The quantitative estimate of drug-likeness (QED) is 0.882. The van der Waals surface area contributed by atoms with E-state index in [9.17, 15) is 0 Å². The van der Waals surface area contributed by atoms with E-state index in [1.807, 2.05) is 0 Å². The second-order valence-electron chi connectivity index (χ2n) is 5.97. The van der Waals surface area contributed by atoms with Crippen molar-refractivity contribution in [3.8, 4) is 0 Å². The van der Waals surface area contributed by atoms with Gasteiger partial charge in [-0.05, 0) is 37.7 Å². The van der Waals surface area contributed by atoms with Crippen molar-refractivity contribution in [1.82, 2.24) is 4.90 Å². The lowest BCUT2D eigenvalue weighted by atomic mass is 9.90. The summed E-state index contributed by atoms with van der Waals surface area (Å²) >= 11 is 0. The fourth-order valence-corrected chi connectivity index (χ4v) is 3.26. The number of hydrogen-bond acceptors (Lipinski definition) is 2. The molecular formula is C16H24N2. The van der Waals surface area contributed by atoms with Gasteiger partial charge in [-0.1, -0.05) is 36.8 Å². The van der Waals surface area contributed by atoms with Crippen LogP contribution in [0.5, 0.6) is 0 Å². The first-order valence-electron chi connectivity index (χ1n) is 7.38. The van der Waals surface area contributed by atoms with Gasteiger partial charge in [0.1, 0.15) is 0 Å². The molecule has 0 heterocycles. The molecule has 2 aliphatic rings. The van der Waals surface area contributed by atoms with E-state index in [2.05, 4.69) is 35.2 Å². The molecule has 0 saturated heterocycles. The predicted octanol–water partition coefficient (Wildman–Crippen LogP) is 2.92. The fourth-order valence-electron chi connectivity index (χ4n) is 3.26. The Morgan fingerprint density at radius 2 is 1.78 bits per heavy atom. The summed E-state index contributed by atoms with van der Waals surface area (Å²) in [4.78, 5) is 2.73. The van der Waals surface area contributed by atoms with Gasteiger partial charge in [-0.2, -0.15) is 0 Å². The molecule has 2 N–H and O–H groups in total. The summed E-state index contributed by atoms with van der Waals surface area (Å²) in [5.41, 5.74) is 7.60. The molecule has 2 aliphatic carbocycles. The van der Waals surface area contributed by atoms with E-state index in [0.29, 0.717) is 6.04 Å². The van der Waals surface area contributed by atoms with Crippen molar-refractivity contribution in [3.05, 3.63) is 35.9 Å². The first-order chi connectivity index (χ1) is 8.83. The van der Waals surface area contributed by atoms with Gasteiger partial charge in [-0.15, -0.1) is 0 Å². The normalized spacial score (nSPS) is 28.6. The summed E-state index contributed by atoms with van der Waals surface area (Å²) in [6.07, 6.45) is 7.85. The molecule has 3 rings (SSSR count). The van der Waals surface area contributed by atoms with Gasteiger partial charge < -0.3 is 5.73 Å². The van der Waals surface area contributed by atoms with Crippen LogP contribution in [0.1, 0.15) is 44.1 Å². The summed E-state index contributed by atoms with van der Waals surface area (Å²) in [6.45, 7) is 1.11. The highest BCUT2D eigenvalue weighted by Gasteiger charge is 2.35. The molecule has 2 heteroatoms. The smallest absolute Gasteiger partial charge is 0.0239 e. The maximum Gasteiger partial charge on any atom is 0.0239 e. The van der Waals surface area contributed by atoms with Crippen molar-refractivity contribution in [2.45, 2.75) is 63.2 Å². The Morgan fingerprint density at radius 3 is 2.44 bits per heavy atom. The topological polar surface area (TPSA) is 29.3 Å². The maximum atomic E-state index is 6.15. The minimum absolute atomic E-state index is 0.431. The van der Waals surface area contributed by atoms with Crippen LogP contribution >= 0.6 is 0 Å². The lowest BCUT2D eigenvalue weighted by molar-refractivity contribution is 0.131. The van der Waals surface area contributed by atoms with Crippen molar-refractivity contribution in [2.75, 3.05) is 0 Å². The molecule has 2 saturated carbocycles. The molecular weight excluding hydrogens is 220 g/mol. The Hall–Kier alpha value is -0.860. The van der Waals surface area contributed by atoms with E-state index >= 15 is 0 Å². The van der Waals surface area contributed by atoms with E-state index in [-0.39, 0.29) is 0 Å². The second kappa shape index (κ2) is 5.41. The molecule has 0 aliphatic heterocycles. The summed E-state index contributed by atoms with van der Waals surface area (Å²) < 4.78 is 0. The molecule has 2 nitrogen and oxygen atoms in total. The van der Waals surface area contributed by atoms with Crippen LogP contribution in [0.3, 0.4) is 0 Å². The maximum absolute atomic E-state index is 6.15. The summed E-state index contributed by atoms with van der Waals surface area (Å²) in [5, 5.41) is 0. The second-order valence-corrected chi connectivity index (χ2v) is 5.97. The lowest BCUT2D eigenvalue weighted by Gasteiger charge is -2.36. The minimum atomic E-state index is 0.431. The molecule has 98 valence electrons. The Bertz CT molecular complexity index is 372. The first kappa shape index (κ1) is 12.2. The van der Waals surface area contributed by atoms with Gasteiger partial charge in [0.2, 0.25) is 0 Å². The molecule has 0 radical (unpaired) electrons. The van der Waals surface area contributed by atoms with Crippen molar-refractivity contribution >= 4 is 0 Å². The van der Waals surface area contributed by atoms with Crippen molar-refractivity contribution in [3.63, 3.8) is 0 Å². The Kier molecular flexibility index (Phi) is 3.67. The van der Waals surface area contributed by atoms with Crippen LogP contribution in [-0.4, -0.2) is 23.0 Å². The molecule has 2 unspecified atom stereocenters. The largest absolute Gasteiger partial charge is 0.328 e. The highest BCUT2D eigenvalue weighted by atomic mass is 15.2. The summed E-state index contributed by atoms with van der Waals surface area (Å²) in [5.74, 6) is 0. The Labute approximate surface area is 110 Å². The van der Waals surface area contributed by atoms with Crippen molar-refractivity contribution in [2.24, 2.45) is 5.73 Å². The molecule has 1 aromatic rings. The standard InChI is InChI=1S/C16H24N2/c17-14-7-4-8-16(11-14)18(15-9-10-15)12-13-5-2-1-3-6-13/h1-3,5-6,14-16H,4,7-12,17H2. The van der Waals surface area contributed by atoms with E-state index in [4.69, 9.17) is 5.73 Å². The number of nitrogens with zero attached hydrogens (tertiary/aromatic N) is 1. The van der Waals surface area contributed by atoms with Gasteiger partial charge in [0.25, 0.3) is 0 Å². The van der Waals surface area contributed by atoms with Gasteiger partial charge in [0.15, 0.2) is 0 Å². The molecule has 18 heavy (non-hydrogen) atoms. The third-order valence-electron chi connectivity index (χ3n) is 4.38. The molecule has 0 amide bonds. The van der Waals surface area contributed by atoms with Gasteiger partial charge in [-0.25, -0.2) is 0 Å². The lowest BCUT2D eigenvalue weighted by Crippen LogP contribution is -2.43. The van der Waals surface area contributed by atoms with E-state index in [0.717, 1.165) is 18.6 Å². The van der Waals surface area contributed by atoms with E-state index in [1.165, 1.54) is 44.1 Å². The predicted molar refractivity (Wildman–Crippen MR) is 75.2 cm³/mol. The van der Waals surface area contributed by atoms with Crippen LogP contribution in [0.25, 0.3) is 0 Å². The van der Waals surface area contributed by atoms with Crippen LogP contribution in [0.15, 0.2) is 30.3 Å². The van der Waals surface area contributed by atoms with E-state index < -0.39 is 0 Å².